The molecule has 35 heavy (non-hydrogen) atoms. The molecule has 1 aliphatic rings. The number of carbonyl (C=O) groups is 3. The molecule has 1 heterocycles. The Labute approximate surface area is 229 Å². The molecule has 2 aromatic rings. The Kier molecular flexibility index (Phi) is 9.49. The molecule has 0 saturated carbocycles. The second-order valence-electron chi connectivity index (χ2n) is 6.62. The van der Waals surface area contributed by atoms with Gasteiger partial charge in [0, 0.05) is 10.0 Å². The van der Waals surface area contributed by atoms with Gasteiger partial charge in [-0.3, -0.25) is 4.79 Å². The van der Waals surface area contributed by atoms with Crippen molar-refractivity contribution in [3.05, 3.63) is 59.5 Å². The van der Waals surface area contributed by atoms with Crippen LogP contribution in [0.15, 0.2) is 18.2 Å². The number of hydrogen-bond donors (Lipinski definition) is 0. The first-order valence-corrected chi connectivity index (χ1v) is 11.5. The largest absolute Gasteiger partial charge is 0.463 e. The summed E-state index contributed by atoms with van der Waals surface area (Å²) in [4.78, 5) is 36.8. The van der Waals surface area contributed by atoms with Crippen LogP contribution in [0, 0.1) is 22.7 Å². The lowest BCUT2D eigenvalue weighted by molar-refractivity contribution is -0.164. The number of amides is 2. The smallest absolute Gasteiger partial charge is 0.423 e. The van der Waals surface area contributed by atoms with E-state index in [4.69, 9.17) is 89.6 Å². The fourth-order valence-corrected chi connectivity index (χ4v) is 4.26. The molecule has 182 valence electrons. The third kappa shape index (κ3) is 5.70. The molecule has 0 N–H and O–H groups in total. The van der Waals surface area contributed by atoms with E-state index in [2.05, 4.69) is 0 Å². The second kappa shape index (κ2) is 11.5. The summed E-state index contributed by atoms with van der Waals surface area (Å²) in [5.41, 5.74) is -1.98. The van der Waals surface area contributed by atoms with Crippen LogP contribution >= 0.6 is 69.6 Å². The average molecular weight is 598 g/mol. The second-order valence-corrected chi connectivity index (χ2v) is 9.00. The summed E-state index contributed by atoms with van der Waals surface area (Å²) < 4.78 is 9.66. The highest BCUT2D eigenvalue weighted by atomic mass is 35.5. The summed E-state index contributed by atoms with van der Waals surface area (Å²) in [5, 5.41) is 17.7. The SMILES string of the molecule is CCOC(=O)C1(C)OC(=O)N(c2cc(Cl)cc(Cl)c2)C1=O.N#Cc1c(Cl)c(Cl)c(Cl)c(C#N)c1Cl. The number of imide groups is 1. The molecule has 8 nitrogen and oxygen atoms in total. The van der Waals surface area contributed by atoms with Crippen molar-refractivity contribution in [1.29, 1.82) is 10.5 Å². The Morgan fingerprint density at radius 1 is 0.943 bits per heavy atom. The number of nitriles is 2. The number of anilines is 1. The van der Waals surface area contributed by atoms with E-state index in [0.717, 1.165) is 0 Å². The molecule has 0 aromatic heterocycles. The maximum atomic E-state index is 12.4. The first-order valence-electron chi connectivity index (χ1n) is 9.20. The van der Waals surface area contributed by atoms with Crippen molar-refractivity contribution < 1.29 is 23.9 Å². The van der Waals surface area contributed by atoms with E-state index in [1.54, 1.807) is 19.1 Å². The zero-order valence-electron chi connectivity index (χ0n) is 17.6. The van der Waals surface area contributed by atoms with Gasteiger partial charge in [0.15, 0.2) is 0 Å². The third-order valence-corrected chi connectivity index (χ3v) is 6.48. The Bertz CT molecular complexity index is 1260. The number of benzene rings is 2. The van der Waals surface area contributed by atoms with E-state index >= 15 is 0 Å². The average Bonchev–Trinajstić information content (AvgIpc) is 3.02. The van der Waals surface area contributed by atoms with Crippen LogP contribution in [0.2, 0.25) is 30.1 Å². The number of ether oxygens (including phenoxy) is 2. The molecule has 2 aromatic carbocycles. The normalized spacial score (nSPS) is 16.6. The Balaban J connectivity index is 0.000000269. The minimum atomic E-state index is -2.01. The molecule has 1 aliphatic heterocycles. The summed E-state index contributed by atoms with van der Waals surface area (Å²) >= 11 is 34.5. The topological polar surface area (TPSA) is 120 Å². The zero-order chi connectivity index (χ0) is 26.7. The molecule has 0 bridgehead atoms. The molecule has 0 aliphatic carbocycles. The lowest BCUT2D eigenvalue weighted by Crippen LogP contribution is -2.46. The molecule has 1 saturated heterocycles. The minimum Gasteiger partial charge on any atom is -0.463 e. The molecule has 1 fully saturated rings. The summed E-state index contributed by atoms with van der Waals surface area (Å²) in [5.74, 6) is -1.79. The quantitative estimate of drug-likeness (QED) is 0.164. The van der Waals surface area contributed by atoms with Gasteiger partial charge in [-0.25, -0.2) is 14.5 Å². The van der Waals surface area contributed by atoms with E-state index < -0.39 is 23.6 Å². The number of cyclic esters (lactones) is 1. The Hall–Kier alpha value is -2.43. The van der Waals surface area contributed by atoms with Gasteiger partial charge >= 0.3 is 12.1 Å². The maximum absolute atomic E-state index is 12.4. The van der Waals surface area contributed by atoms with Crippen molar-refractivity contribution in [2.24, 2.45) is 0 Å². The Morgan fingerprint density at radius 3 is 1.86 bits per heavy atom. The number of carbonyl (C=O) groups excluding carboxylic acids is 3. The molecular formula is C21H11Cl6N3O5. The van der Waals surface area contributed by atoms with Gasteiger partial charge in [-0.1, -0.05) is 69.6 Å². The van der Waals surface area contributed by atoms with Crippen molar-refractivity contribution in [3.63, 3.8) is 0 Å². The highest BCUT2D eigenvalue weighted by Gasteiger charge is 2.57. The number of nitrogens with zero attached hydrogens (tertiary/aromatic N) is 3. The van der Waals surface area contributed by atoms with Gasteiger partial charge in [-0.05, 0) is 32.0 Å². The first-order chi connectivity index (χ1) is 16.3. The van der Waals surface area contributed by atoms with Crippen LogP contribution in [0.25, 0.3) is 0 Å². The van der Waals surface area contributed by atoms with Crippen LogP contribution in [0.1, 0.15) is 25.0 Å². The summed E-state index contributed by atoms with van der Waals surface area (Å²) in [6.07, 6.45) is -0.992. The van der Waals surface area contributed by atoms with Gasteiger partial charge in [-0.15, -0.1) is 0 Å². The third-order valence-electron chi connectivity index (χ3n) is 4.34. The molecule has 14 heteroatoms. The Morgan fingerprint density at radius 2 is 1.43 bits per heavy atom. The lowest BCUT2D eigenvalue weighted by Gasteiger charge is -2.17. The number of esters is 1. The van der Waals surface area contributed by atoms with Crippen LogP contribution in [-0.2, 0) is 19.1 Å². The van der Waals surface area contributed by atoms with Crippen molar-refractivity contribution in [1.82, 2.24) is 0 Å². The van der Waals surface area contributed by atoms with E-state index in [1.807, 2.05) is 0 Å². The molecule has 1 unspecified atom stereocenters. The lowest BCUT2D eigenvalue weighted by atomic mass is 10.1. The predicted octanol–water partition coefficient (Wildman–Crippen LogP) is 6.84. The number of rotatable bonds is 3. The maximum Gasteiger partial charge on any atom is 0.423 e. The summed E-state index contributed by atoms with van der Waals surface area (Å²) in [6.45, 7) is 2.82. The first kappa shape index (κ1) is 28.8. The number of hydrogen-bond acceptors (Lipinski definition) is 7. The molecule has 0 radical (unpaired) electrons. The zero-order valence-corrected chi connectivity index (χ0v) is 22.1. The van der Waals surface area contributed by atoms with Crippen LogP contribution in [-0.4, -0.2) is 30.2 Å². The van der Waals surface area contributed by atoms with Crippen LogP contribution < -0.4 is 4.90 Å². The summed E-state index contributed by atoms with van der Waals surface area (Å²) in [7, 11) is 0. The van der Waals surface area contributed by atoms with Crippen molar-refractivity contribution in [2.45, 2.75) is 19.4 Å². The fraction of sp³-hybridized carbons (Fsp3) is 0.190. The van der Waals surface area contributed by atoms with Crippen LogP contribution in [0.5, 0.6) is 0 Å². The summed E-state index contributed by atoms with van der Waals surface area (Å²) in [6, 6.07) is 7.67. The van der Waals surface area contributed by atoms with Gasteiger partial charge in [0.05, 0.1) is 43.5 Å². The van der Waals surface area contributed by atoms with E-state index in [-0.39, 0.29) is 53.6 Å². The van der Waals surface area contributed by atoms with Gasteiger partial charge in [0.25, 0.3) is 11.5 Å². The monoisotopic (exact) mass is 595 g/mol. The minimum absolute atomic E-state index is 0.0363. The van der Waals surface area contributed by atoms with E-state index in [9.17, 15) is 14.4 Å². The molecule has 1 atom stereocenters. The van der Waals surface area contributed by atoms with Crippen molar-refractivity contribution >= 4 is 93.3 Å². The fourth-order valence-electron chi connectivity index (χ4n) is 2.68. The van der Waals surface area contributed by atoms with Gasteiger partial charge < -0.3 is 9.47 Å². The van der Waals surface area contributed by atoms with Crippen molar-refractivity contribution in [3.8, 4) is 12.1 Å². The number of halogens is 6. The highest BCUT2D eigenvalue weighted by molar-refractivity contribution is 6.50. The molecule has 0 spiro atoms. The molecular weight excluding hydrogens is 587 g/mol. The van der Waals surface area contributed by atoms with Crippen LogP contribution in [0.3, 0.4) is 0 Å². The van der Waals surface area contributed by atoms with Crippen molar-refractivity contribution in [2.75, 3.05) is 11.5 Å². The van der Waals surface area contributed by atoms with Gasteiger partial charge in [0.1, 0.15) is 12.1 Å². The van der Waals surface area contributed by atoms with Crippen LogP contribution in [0.4, 0.5) is 10.5 Å². The predicted molar refractivity (Wildman–Crippen MR) is 131 cm³/mol. The van der Waals surface area contributed by atoms with Gasteiger partial charge in [-0.2, -0.15) is 10.5 Å². The molecule has 3 rings (SSSR count). The van der Waals surface area contributed by atoms with E-state index in [0.29, 0.717) is 4.90 Å². The van der Waals surface area contributed by atoms with E-state index in [1.165, 1.54) is 25.1 Å². The standard InChI is InChI=1S/C13H11Cl2NO5.C8Cl4N2/c1-3-20-11(18)13(2)10(17)16(12(19)21-13)9-5-7(14)4-8(15)6-9;9-5-3(1-13)6(10)8(12)7(11)4(5)2-14/h4-6H,3H2,1-2H3;. The van der Waals surface area contributed by atoms with Gasteiger partial charge in [0.2, 0.25) is 0 Å². The highest BCUT2D eigenvalue weighted by Crippen LogP contribution is 2.40. The molecule has 2 amide bonds.